The van der Waals surface area contributed by atoms with Crippen molar-refractivity contribution < 1.29 is 4.39 Å². The van der Waals surface area contributed by atoms with E-state index >= 15 is 0 Å². The quantitative estimate of drug-likeness (QED) is 0.713. The summed E-state index contributed by atoms with van der Waals surface area (Å²) in [5, 5.41) is 2.01. The minimum Gasteiger partial charge on any atom is -0.207 e. The second-order valence-corrected chi connectivity index (χ2v) is 4.46. The Kier molecular flexibility index (Phi) is 2.47. The molecule has 3 heteroatoms. The third-order valence-electron chi connectivity index (χ3n) is 1.70. The molecule has 0 atom stereocenters. The van der Waals surface area contributed by atoms with Crippen molar-refractivity contribution >= 4 is 27.3 Å². The van der Waals surface area contributed by atoms with E-state index in [0.717, 1.165) is 14.9 Å². The summed E-state index contributed by atoms with van der Waals surface area (Å²) >= 11 is 5.02. The number of benzene rings is 1. The van der Waals surface area contributed by atoms with E-state index in [9.17, 15) is 4.39 Å². The Morgan fingerprint density at radius 1 is 1.15 bits per heavy atom. The normalized spacial score (nSPS) is 10.3. The maximum atomic E-state index is 12.6. The Balaban J connectivity index is 2.41. The SMILES string of the molecule is Fc1ccc(-c2cc(Br)cs2)cc1. The zero-order chi connectivity index (χ0) is 9.26. The molecule has 2 aromatic rings. The molecule has 0 saturated heterocycles. The number of hydrogen-bond acceptors (Lipinski definition) is 1. The van der Waals surface area contributed by atoms with E-state index in [1.165, 1.54) is 12.1 Å². The Hall–Kier alpha value is -0.670. The first-order chi connectivity index (χ1) is 6.25. The van der Waals surface area contributed by atoms with Crippen molar-refractivity contribution in [2.45, 2.75) is 0 Å². The molecule has 0 aliphatic rings. The van der Waals surface area contributed by atoms with E-state index in [1.807, 2.05) is 11.4 Å². The van der Waals surface area contributed by atoms with E-state index < -0.39 is 0 Å². The monoisotopic (exact) mass is 256 g/mol. The fourth-order valence-electron chi connectivity index (χ4n) is 1.08. The summed E-state index contributed by atoms with van der Waals surface area (Å²) in [5.74, 6) is -0.195. The number of thiophene rings is 1. The molecule has 2 rings (SSSR count). The summed E-state index contributed by atoms with van der Waals surface area (Å²) in [4.78, 5) is 1.15. The van der Waals surface area contributed by atoms with E-state index in [-0.39, 0.29) is 5.82 Å². The third kappa shape index (κ3) is 1.98. The second kappa shape index (κ2) is 3.60. The lowest BCUT2D eigenvalue weighted by molar-refractivity contribution is 0.628. The van der Waals surface area contributed by atoms with Gasteiger partial charge in [0.15, 0.2) is 0 Å². The second-order valence-electron chi connectivity index (χ2n) is 2.64. The van der Waals surface area contributed by atoms with Gasteiger partial charge in [-0.15, -0.1) is 11.3 Å². The van der Waals surface area contributed by atoms with Crippen LogP contribution in [-0.2, 0) is 0 Å². The molecule has 0 amide bonds. The van der Waals surface area contributed by atoms with Crippen molar-refractivity contribution in [1.29, 1.82) is 0 Å². The Labute approximate surface area is 88.2 Å². The van der Waals surface area contributed by atoms with E-state index in [1.54, 1.807) is 23.5 Å². The van der Waals surface area contributed by atoms with Crippen LogP contribution in [0.2, 0.25) is 0 Å². The molecule has 0 nitrogen and oxygen atoms in total. The molecule has 0 saturated carbocycles. The number of rotatable bonds is 1. The highest BCUT2D eigenvalue weighted by atomic mass is 79.9. The van der Waals surface area contributed by atoms with E-state index in [0.29, 0.717) is 0 Å². The molecule has 1 aromatic carbocycles. The standard InChI is InChI=1S/C10H6BrFS/c11-8-5-10(13-6-8)7-1-3-9(12)4-2-7/h1-6H. The molecule has 0 bridgehead atoms. The Morgan fingerprint density at radius 3 is 2.38 bits per heavy atom. The summed E-state index contributed by atoms with van der Waals surface area (Å²) in [6.45, 7) is 0. The van der Waals surface area contributed by atoms with E-state index in [4.69, 9.17) is 0 Å². The summed E-state index contributed by atoms with van der Waals surface area (Å²) in [5.41, 5.74) is 1.05. The Bertz CT molecular complexity index is 405. The van der Waals surface area contributed by atoms with Crippen LogP contribution in [0.4, 0.5) is 4.39 Å². The fourth-order valence-corrected chi connectivity index (χ4v) is 2.51. The average molecular weight is 257 g/mol. The largest absolute Gasteiger partial charge is 0.207 e. The van der Waals surface area contributed by atoms with Crippen LogP contribution in [-0.4, -0.2) is 0 Å². The van der Waals surface area contributed by atoms with Gasteiger partial charge in [-0.2, -0.15) is 0 Å². The lowest BCUT2D eigenvalue weighted by Gasteiger charge is -1.95. The van der Waals surface area contributed by atoms with Gasteiger partial charge in [-0.05, 0) is 39.7 Å². The van der Waals surface area contributed by atoms with Gasteiger partial charge in [-0.3, -0.25) is 0 Å². The third-order valence-corrected chi connectivity index (χ3v) is 3.44. The molecule has 1 heterocycles. The number of hydrogen-bond donors (Lipinski definition) is 0. The average Bonchev–Trinajstić information content (AvgIpc) is 2.53. The molecule has 0 N–H and O–H groups in total. The molecule has 0 radical (unpaired) electrons. The summed E-state index contributed by atoms with van der Waals surface area (Å²) in [7, 11) is 0. The van der Waals surface area contributed by atoms with Gasteiger partial charge in [0.05, 0.1) is 0 Å². The van der Waals surface area contributed by atoms with Gasteiger partial charge in [0.25, 0.3) is 0 Å². The van der Waals surface area contributed by atoms with Gasteiger partial charge in [-0.25, -0.2) is 4.39 Å². The molecular formula is C10H6BrFS. The highest BCUT2D eigenvalue weighted by molar-refractivity contribution is 9.10. The zero-order valence-electron chi connectivity index (χ0n) is 6.63. The highest BCUT2D eigenvalue weighted by Crippen LogP contribution is 2.29. The van der Waals surface area contributed by atoms with E-state index in [2.05, 4.69) is 15.9 Å². The Morgan fingerprint density at radius 2 is 1.85 bits per heavy atom. The minimum atomic E-state index is -0.195. The molecule has 0 fully saturated rings. The van der Waals surface area contributed by atoms with Crippen LogP contribution in [0.3, 0.4) is 0 Å². The molecule has 66 valence electrons. The van der Waals surface area contributed by atoms with Crippen LogP contribution in [0.5, 0.6) is 0 Å². The molecule has 0 spiro atoms. The van der Waals surface area contributed by atoms with Gasteiger partial charge >= 0.3 is 0 Å². The lowest BCUT2D eigenvalue weighted by Crippen LogP contribution is -1.73. The zero-order valence-corrected chi connectivity index (χ0v) is 9.03. The van der Waals surface area contributed by atoms with Crippen molar-refractivity contribution in [3.8, 4) is 10.4 Å². The maximum Gasteiger partial charge on any atom is 0.123 e. The highest BCUT2D eigenvalue weighted by Gasteiger charge is 2.00. The summed E-state index contributed by atoms with van der Waals surface area (Å²) in [6, 6.07) is 8.55. The first kappa shape index (κ1) is 8.91. The van der Waals surface area contributed by atoms with Crippen LogP contribution in [0.1, 0.15) is 0 Å². The van der Waals surface area contributed by atoms with Crippen molar-refractivity contribution in [3.63, 3.8) is 0 Å². The number of halogens is 2. The predicted octanol–water partition coefficient (Wildman–Crippen LogP) is 4.32. The van der Waals surface area contributed by atoms with Gasteiger partial charge in [0.2, 0.25) is 0 Å². The van der Waals surface area contributed by atoms with Crippen LogP contribution < -0.4 is 0 Å². The van der Waals surface area contributed by atoms with Crippen LogP contribution in [0.15, 0.2) is 40.2 Å². The summed E-state index contributed by atoms with van der Waals surface area (Å²) < 4.78 is 13.7. The van der Waals surface area contributed by atoms with Crippen LogP contribution in [0.25, 0.3) is 10.4 Å². The first-order valence-corrected chi connectivity index (χ1v) is 5.43. The molecule has 0 aliphatic heterocycles. The molecule has 13 heavy (non-hydrogen) atoms. The van der Waals surface area contributed by atoms with Crippen molar-refractivity contribution in [2.75, 3.05) is 0 Å². The first-order valence-electron chi connectivity index (χ1n) is 3.76. The molecule has 1 aromatic heterocycles. The topological polar surface area (TPSA) is 0 Å². The lowest BCUT2D eigenvalue weighted by atomic mass is 10.2. The summed E-state index contributed by atoms with van der Waals surface area (Å²) in [6.07, 6.45) is 0. The smallest absolute Gasteiger partial charge is 0.123 e. The molecule has 0 unspecified atom stereocenters. The van der Waals surface area contributed by atoms with Crippen LogP contribution >= 0.6 is 27.3 Å². The minimum absolute atomic E-state index is 0.195. The van der Waals surface area contributed by atoms with Gasteiger partial charge < -0.3 is 0 Å². The van der Waals surface area contributed by atoms with Crippen molar-refractivity contribution in [2.24, 2.45) is 0 Å². The fraction of sp³-hybridized carbons (Fsp3) is 0. The molecular weight excluding hydrogens is 251 g/mol. The van der Waals surface area contributed by atoms with Crippen molar-refractivity contribution in [3.05, 3.63) is 46.0 Å². The van der Waals surface area contributed by atoms with Gasteiger partial charge in [0, 0.05) is 14.7 Å². The molecule has 0 aliphatic carbocycles. The van der Waals surface area contributed by atoms with Crippen LogP contribution in [0, 0.1) is 5.82 Å². The predicted molar refractivity (Wildman–Crippen MR) is 57.4 cm³/mol. The van der Waals surface area contributed by atoms with Gasteiger partial charge in [-0.1, -0.05) is 12.1 Å². The van der Waals surface area contributed by atoms with Crippen molar-refractivity contribution in [1.82, 2.24) is 0 Å². The maximum absolute atomic E-state index is 12.6. The van der Waals surface area contributed by atoms with Gasteiger partial charge in [0.1, 0.15) is 5.82 Å².